The molecule has 6 nitrogen and oxygen atoms in total. The molecule has 1 heterocycles. The summed E-state index contributed by atoms with van der Waals surface area (Å²) in [6, 6.07) is 6.15. The van der Waals surface area contributed by atoms with Gasteiger partial charge in [0, 0.05) is 11.5 Å². The number of hydrogen-bond donors (Lipinski definition) is 1. The zero-order valence-corrected chi connectivity index (χ0v) is 11.0. The van der Waals surface area contributed by atoms with Gasteiger partial charge in [0.2, 0.25) is 0 Å². The number of aromatic nitrogens is 1. The molecule has 0 unspecified atom stereocenters. The number of carbonyl (C=O) groups excluding carboxylic acids is 2. The van der Waals surface area contributed by atoms with E-state index in [0.29, 0.717) is 10.9 Å². The minimum Gasteiger partial charge on any atom is -0.508 e. The van der Waals surface area contributed by atoms with Crippen LogP contribution in [0.5, 0.6) is 5.75 Å². The van der Waals surface area contributed by atoms with Gasteiger partial charge < -0.3 is 14.6 Å². The lowest BCUT2D eigenvalue weighted by atomic mass is 10.1. The molecule has 0 saturated heterocycles. The third-order valence-electron chi connectivity index (χ3n) is 2.82. The predicted octanol–water partition coefficient (Wildman–Crippen LogP) is 1.44. The molecular formula is C14H13NO5. The maximum absolute atomic E-state index is 11.8. The SMILES string of the molecule is COC(=O)Cc1nc2cc(O)ccc2cc1C(=O)OC. The molecule has 0 saturated carbocycles. The summed E-state index contributed by atoms with van der Waals surface area (Å²) >= 11 is 0. The van der Waals surface area contributed by atoms with Crippen molar-refractivity contribution in [3.63, 3.8) is 0 Å². The maximum atomic E-state index is 11.8. The van der Waals surface area contributed by atoms with Gasteiger partial charge in [-0.05, 0) is 18.2 Å². The second kappa shape index (κ2) is 5.56. The number of aromatic hydroxyl groups is 1. The van der Waals surface area contributed by atoms with Gasteiger partial charge in [0.25, 0.3) is 0 Å². The topological polar surface area (TPSA) is 85.7 Å². The molecule has 2 rings (SSSR count). The van der Waals surface area contributed by atoms with Crippen LogP contribution in [0.3, 0.4) is 0 Å². The largest absolute Gasteiger partial charge is 0.508 e. The average molecular weight is 275 g/mol. The number of hydrogen-bond acceptors (Lipinski definition) is 6. The van der Waals surface area contributed by atoms with Crippen LogP contribution in [-0.4, -0.2) is 36.2 Å². The van der Waals surface area contributed by atoms with Crippen molar-refractivity contribution in [2.75, 3.05) is 14.2 Å². The van der Waals surface area contributed by atoms with Gasteiger partial charge in [-0.25, -0.2) is 4.79 Å². The van der Waals surface area contributed by atoms with Crippen LogP contribution in [0.25, 0.3) is 10.9 Å². The van der Waals surface area contributed by atoms with E-state index in [4.69, 9.17) is 0 Å². The Morgan fingerprint density at radius 3 is 2.60 bits per heavy atom. The molecule has 6 heteroatoms. The Bertz CT molecular complexity index is 681. The number of rotatable bonds is 3. The summed E-state index contributed by atoms with van der Waals surface area (Å²) in [5.41, 5.74) is 0.939. The number of benzene rings is 1. The lowest BCUT2D eigenvalue weighted by molar-refractivity contribution is -0.139. The first-order valence-corrected chi connectivity index (χ1v) is 5.83. The van der Waals surface area contributed by atoms with Gasteiger partial charge in [0.05, 0.1) is 37.4 Å². The Morgan fingerprint density at radius 2 is 1.95 bits per heavy atom. The number of esters is 2. The normalized spacial score (nSPS) is 10.3. The van der Waals surface area contributed by atoms with E-state index in [2.05, 4.69) is 14.5 Å². The molecule has 2 aromatic rings. The van der Waals surface area contributed by atoms with Crippen LogP contribution in [0.2, 0.25) is 0 Å². The van der Waals surface area contributed by atoms with E-state index >= 15 is 0 Å². The van der Waals surface area contributed by atoms with Gasteiger partial charge in [-0.3, -0.25) is 9.78 Å². The van der Waals surface area contributed by atoms with Gasteiger partial charge >= 0.3 is 11.9 Å². The summed E-state index contributed by atoms with van der Waals surface area (Å²) in [5.74, 6) is -1.03. The Kier molecular flexibility index (Phi) is 3.84. The van der Waals surface area contributed by atoms with Crippen molar-refractivity contribution in [3.05, 3.63) is 35.5 Å². The van der Waals surface area contributed by atoms with Gasteiger partial charge in [-0.15, -0.1) is 0 Å². The van der Waals surface area contributed by atoms with E-state index < -0.39 is 11.9 Å². The minimum absolute atomic E-state index is 0.0554. The van der Waals surface area contributed by atoms with Gasteiger partial charge in [0.15, 0.2) is 0 Å². The Morgan fingerprint density at radius 1 is 1.20 bits per heavy atom. The Balaban J connectivity index is 2.60. The van der Waals surface area contributed by atoms with E-state index in [-0.39, 0.29) is 23.4 Å². The number of nitrogens with zero attached hydrogens (tertiary/aromatic N) is 1. The summed E-state index contributed by atoms with van der Waals surface area (Å²) in [6.07, 6.45) is -0.146. The first-order valence-electron chi connectivity index (χ1n) is 5.83. The highest BCUT2D eigenvalue weighted by Gasteiger charge is 2.17. The van der Waals surface area contributed by atoms with Crippen molar-refractivity contribution >= 4 is 22.8 Å². The molecule has 104 valence electrons. The van der Waals surface area contributed by atoms with Crippen molar-refractivity contribution < 1.29 is 24.2 Å². The number of phenols is 1. The zero-order chi connectivity index (χ0) is 14.7. The fourth-order valence-electron chi connectivity index (χ4n) is 1.83. The standard InChI is InChI=1S/C14H13NO5/c1-19-13(17)7-12-10(14(18)20-2)5-8-3-4-9(16)6-11(8)15-12/h3-6,16H,7H2,1-2H3. The molecule has 0 amide bonds. The number of phenolic OH excluding ortho intramolecular Hbond substituents is 1. The van der Waals surface area contributed by atoms with E-state index in [1.54, 1.807) is 12.1 Å². The van der Waals surface area contributed by atoms with Crippen LogP contribution in [-0.2, 0) is 20.7 Å². The van der Waals surface area contributed by atoms with Crippen molar-refractivity contribution in [2.45, 2.75) is 6.42 Å². The summed E-state index contributed by atoms with van der Waals surface area (Å²) in [6.45, 7) is 0. The summed E-state index contributed by atoms with van der Waals surface area (Å²) < 4.78 is 9.26. The number of ether oxygens (including phenoxy) is 2. The molecule has 1 aromatic carbocycles. The van der Waals surface area contributed by atoms with Gasteiger partial charge in [-0.2, -0.15) is 0 Å². The molecule has 0 fully saturated rings. The number of carbonyl (C=O) groups is 2. The molecule has 1 N–H and O–H groups in total. The van der Waals surface area contributed by atoms with Crippen molar-refractivity contribution in [1.82, 2.24) is 4.98 Å². The summed E-state index contributed by atoms with van der Waals surface area (Å²) in [4.78, 5) is 27.4. The molecule has 0 atom stereocenters. The fourth-order valence-corrected chi connectivity index (χ4v) is 1.83. The highest BCUT2D eigenvalue weighted by atomic mass is 16.5. The molecule has 0 aliphatic heterocycles. The van der Waals surface area contributed by atoms with Gasteiger partial charge in [-0.1, -0.05) is 0 Å². The van der Waals surface area contributed by atoms with Crippen LogP contribution >= 0.6 is 0 Å². The molecular weight excluding hydrogens is 262 g/mol. The highest BCUT2D eigenvalue weighted by molar-refractivity contribution is 5.96. The smallest absolute Gasteiger partial charge is 0.339 e. The average Bonchev–Trinajstić information content (AvgIpc) is 2.45. The molecule has 0 aliphatic carbocycles. The quantitative estimate of drug-likeness (QED) is 0.853. The minimum atomic E-state index is -0.577. The number of methoxy groups -OCH3 is 2. The van der Waals surface area contributed by atoms with Crippen LogP contribution in [0.15, 0.2) is 24.3 Å². The lowest BCUT2D eigenvalue weighted by Gasteiger charge is -2.08. The monoisotopic (exact) mass is 275 g/mol. The predicted molar refractivity (Wildman–Crippen MR) is 70.5 cm³/mol. The van der Waals surface area contributed by atoms with Crippen molar-refractivity contribution in [1.29, 1.82) is 0 Å². The van der Waals surface area contributed by atoms with Crippen molar-refractivity contribution in [2.24, 2.45) is 0 Å². The number of fused-ring (bicyclic) bond motifs is 1. The molecule has 0 bridgehead atoms. The van der Waals surface area contributed by atoms with Crippen LogP contribution < -0.4 is 0 Å². The first kappa shape index (κ1) is 13.8. The van der Waals surface area contributed by atoms with Crippen LogP contribution in [0.1, 0.15) is 16.1 Å². The highest BCUT2D eigenvalue weighted by Crippen LogP contribution is 2.22. The van der Waals surface area contributed by atoms with E-state index in [1.165, 1.54) is 26.4 Å². The van der Waals surface area contributed by atoms with E-state index in [1.807, 2.05) is 0 Å². The second-order valence-corrected chi connectivity index (χ2v) is 4.10. The summed E-state index contributed by atoms with van der Waals surface area (Å²) in [5, 5.41) is 10.1. The molecule has 1 aromatic heterocycles. The molecule has 0 spiro atoms. The Hall–Kier alpha value is -2.63. The van der Waals surface area contributed by atoms with Crippen LogP contribution in [0.4, 0.5) is 0 Å². The Labute approximate surface area is 115 Å². The molecule has 0 aliphatic rings. The summed E-state index contributed by atoms with van der Waals surface area (Å²) in [7, 11) is 2.51. The molecule has 0 radical (unpaired) electrons. The zero-order valence-electron chi connectivity index (χ0n) is 11.0. The second-order valence-electron chi connectivity index (χ2n) is 4.10. The van der Waals surface area contributed by atoms with E-state index in [0.717, 1.165) is 0 Å². The first-order chi connectivity index (χ1) is 9.55. The molecule has 20 heavy (non-hydrogen) atoms. The van der Waals surface area contributed by atoms with Crippen LogP contribution in [0, 0.1) is 0 Å². The fraction of sp³-hybridized carbons (Fsp3) is 0.214. The van der Waals surface area contributed by atoms with Gasteiger partial charge in [0.1, 0.15) is 5.75 Å². The van der Waals surface area contributed by atoms with Crippen molar-refractivity contribution in [3.8, 4) is 5.75 Å². The number of pyridine rings is 1. The van der Waals surface area contributed by atoms with E-state index in [9.17, 15) is 14.7 Å². The maximum Gasteiger partial charge on any atom is 0.339 e. The third-order valence-corrected chi connectivity index (χ3v) is 2.82. The third kappa shape index (κ3) is 2.69. The lowest BCUT2D eigenvalue weighted by Crippen LogP contribution is -2.13.